The number of nitrogens with one attached hydrogen (secondary N) is 2. The molecule has 0 aliphatic carbocycles. The molecule has 2 heterocycles. The zero-order valence-corrected chi connectivity index (χ0v) is 18.2. The molecule has 3 rings (SSSR count). The van der Waals surface area contributed by atoms with Crippen LogP contribution in [-0.2, 0) is 17.6 Å². The maximum Gasteiger partial charge on any atom is 0.321 e. The van der Waals surface area contributed by atoms with Crippen molar-refractivity contribution in [2.24, 2.45) is 0 Å². The number of piperazine rings is 1. The molecule has 1 fully saturated rings. The number of thiophene rings is 1. The second kappa shape index (κ2) is 11.7. The van der Waals surface area contributed by atoms with Gasteiger partial charge in [-0.1, -0.05) is 18.2 Å². The zero-order valence-electron chi connectivity index (χ0n) is 17.4. The Morgan fingerprint density at radius 1 is 1.03 bits per heavy atom. The van der Waals surface area contributed by atoms with Gasteiger partial charge in [-0.25, -0.2) is 4.79 Å². The van der Waals surface area contributed by atoms with Crippen molar-refractivity contribution in [2.75, 3.05) is 52.9 Å². The molecule has 1 aromatic heterocycles. The molecule has 162 valence electrons. The molecule has 0 spiro atoms. The van der Waals surface area contributed by atoms with Gasteiger partial charge in [0.15, 0.2) is 0 Å². The normalized spacial score (nSPS) is 15.0. The lowest BCUT2D eigenvalue weighted by molar-refractivity contribution is -0.121. The van der Waals surface area contributed by atoms with Gasteiger partial charge in [-0.15, -0.1) is 11.3 Å². The summed E-state index contributed by atoms with van der Waals surface area (Å²) in [6, 6.07) is 11.8. The van der Waals surface area contributed by atoms with Crippen LogP contribution in [0.25, 0.3) is 0 Å². The highest BCUT2D eigenvalue weighted by atomic mass is 32.1. The van der Waals surface area contributed by atoms with E-state index in [9.17, 15) is 9.59 Å². The van der Waals surface area contributed by atoms with E-state index in [-0.39, 0.29) is 12.5 Å². The van der Waals surface area contributed by atoms with E-state index in [0.717, 1.165) is 51.3 Å². The van der Waals surface area contributed by atoms with E-state index < -0.39 is 6.03 Å². The van der Waals surface area contributed by atoms with Gasteiger partial charge in [0.05, 0.1) is 13.7 Å². The Kier molecular flexibility index (Phi) is 8.67. The molecule has 3 amide bonds. The number of amides is 3. The summed E-state index contributed by atoms with van der Waals surface area (Å²) in [7, 11) is 1.67. The predicted octanol–water partition coefficient (Wildman–Crippen LogP) is 1.99. The lowest BCUT2D eigenvalue weighted by Gasteiger charge is -2.34. The summed E-state index contributed by atoms with van der Waals surface area (Å²) >= 11 is 1.66. The highest BCUT2D eigenvalue weighted by Gasteiger charge is 2.19. The Balaban J connectivity index is 1.28. The zero-order chi connectivity index (χ0) is 21.2. The van der Waals surface area contributed by atoms with Crippen molar-refractivity contribution in [3.05, 3.63) is 52.2 Å². The maximum atomic E-state index is 12.1. The number of imide groups is 1. The molecule has 30 heavy (non-hydrogen) atoms. The summed E-state index contributed by atoms with van der Waals surface area (Å²) in [5.41, 5.74) is 1.29. The van der Waals surface area contributed by atoms with Crippen molar-refractivity contribution in [1.29, 1.82) is 0 Å². The number of methoxy groups -OCH3 is 1. The van der Waals surface area contributed by atoms with Crippen LogP contribution in [0.3, 0.4) is 0 Å². The van der Waals surface area contributed by atoms with Gasteiger partial charge in [-0.05, 0) is 42.0 Å². The smallest absolute Gasteiger partial charge is 0.321 e. The van der Waals surface area contributed by atoms with Gasteiger partial charge in [0.2, 0.25) is 5.91 Å². The van der Waals surface area contributed by atoms with Crippen LogP contribution < -0.4 is 15.4 Å². The van der Waals surface area contributed by atoms with Crippen molar-refractivity contribution < 1.29 is 14.3 Å². The fraction of sp³-hybridized carbons (Fsp3) is 0.455. The summed E-state index contributed by atoms with van der Waals surface area (Å²) in [5.74, 6) is 0.622. The Hall–Kier alpha value is -2.42. The van der Waals surface area contributed by atoms with Crippen LogP contribution in [0.1, 0.15) is 10.4 Å². The summed E-state index contributed by atoms with van der Waals surface area (Å²) in [4.78, 5) is 29.7. The molecule has 0 radical (unpaired) electrons. The first kappa shape index (κ1) is 22.3. The van der Waals surface area contributed by atoms with E-state index in [1.54, 1.807) is 18.4 Å². The first-order valence-corrected chi connectivity index (χ1v) is 11.2. The molecule has 0 unspecified atom stereocenters. The van der Waals surface area contributed by atoms with E-state index >= 15 is 0 Å². The SMILES string of the molecule is COc1ccc(CCN2CCN(CC(=O)NC(=O)NCCc3cccs3)CC2)cc1. The average molecular weight is 431 g/mol. The van der Waals surface area contributed by atoms with Crippen LogP contribution in [0.5, 0.6) is 5.75 Å². The number of carbonyl (C=O) groups is 2. The van der Waals surface area contributed by atoms with Gasteiger partial charge in [0.25, 0.3) is 0 Å². The predicted molar refractivity (Wildman–Crippen MR) is 119 cm³/mol. The third kappa shape index (κ3) is 7.44. The van der Waals surface area contributed by atoms with Crippen LogP contribution in [0, 0.1) is 0 Å². The third-order valence-corrected chi connectivity index (χ3v) is 6.13. The number of rotatable bonds is 9. The molecule has 1 aromatic carbocycles. The van der Waals surface area contributed by atoms with E-state index in [2.05, 4.69) is 32.6 Å². The van der Waals surface area contributed by atoms with Gasteiger partial charge in [-0.2, -0.15) is 0 Å². The number of urea groups is 1. The number of hydrogen-bond donors (Lipinski definition) is 2. The second-order valence-corrected chi connectivity index (χ2v) is 8.38. The molecular formula is C22H30N4O3S. The fourth-order valence-electron chi connectivity index (χ4n) is 3.42. The van der Waals surface area contributed by atoms with Crippen LogP contribution >= 0.6 is 11.3 Å². The summed E-state index contributed by atoms with van der Waals surface area (Å²) < 4.78 is 5.19. The minimum absolute atomic E-state index is 0.254. The van der Waals surface area contributed by atoms with Crippen LogP contribution in [0.2, 0.25) is 0 Å². The van der Waals surface area contributed by atoms with Gasteiger partial charge in [-0.3, -0.25) is 15.0 Å². The molecule has 2 N–H and O–H groups in total. The van der Waals surface area contributed by atoms with E-state index in [0.29, 0.717) is 6.54 Å². The topological polar surface area (TPSA) is 73.9 Å². The highest BCUT2D eigenvalue weighted by molar-refractivity contribution is 7.09. The van der Waals surface area contributed by atoms with Crippen molar-refractivity contribution >= 4 is 23.3 Å². The lowest BCUT2D eigenvalue weighted by Crippen LogP contribution is -2.51. The molecule has 2 aromatic rings. The van der Waals surface area contributed by atoms with Crippen LogP contribution in [0.4, 0.5) is 4.79 Å². The number of hydrogen-bond acceptors (Lipinski definition) is 6. The number of benzene rings is 1. The Labute approximate surface area is 182 Å². The number of carbonyl (C=O) groups excluding carboxylic acids is 2. The largest absolute Gasteiger partial charge is 0.497 e. The molecule has 8 heteroatoms. The molecule has 0 bridgehead atoms. The third-order valence-electron chi connectivity index (χ3n) is 5.20. The summed E-state index contributed by atoms with van der Waals surface area (Å²) in [6.45, 7) is 5.29. The minimum Gasteiger partial charge on any atom is -0.497 e. The average Bonchev–Trinajstić information content (AvgIpc) is 3.27. The van der Waals surface area contributed by atoms with Gasteiger partial charge in [0, 0.05) is 44.1 Å². The molecule has 1 aliphatic heterocycles. The van der Waals surface area contributed by atoms with Crippen molar-refractivity contribution in [2.45, 2.75) is 12.8 Å². The summed E-state index contributed by atoms with van der Waals surface area (Å²) in [5, 5.41) is 7.17. The Morgan fingerprint density at radius 2 is 1.77 bits per heavy atom. The lowest BCUT2D eigenvalue weighted by atomic mass is 10.1. The van der Waals surface area contributed by atoms with Gasteiger partial charge >= 0.3 is 6.03 Å². The van der Waals surface area contributed by atoms with E-state index in [4.69, 9.17) is 4.74 Å². The van der Waals surface area contributed by atoms with Gasteiger partial charge < -0.3 is 15.0 Å². The first-order valence-electron chi connectivity index (χ1n) is 10.3. The molecule has 0 saturated carbocycles. The summed E-state index contributed by atoms with van der Waals surface area (Å²) in [6.07, 6.45) is 1.77. The minimum atomic E-state index is -0.422. The van der Waals surface area contributed by atoms with Crippen LogP contribution in [0.15, 0.2) is 41.8 Å². The van der Waals surface area contributed by atoms with E-state index in [1.165, 1.54) is 10.4 Å². The Bertz CT molecular complexity index is 787. The van der Waals surface area contributed by atoms with Crippen molar-refractivity contribution in [1.82, 2.24) is 20.4 Å². The number of ether oxygens (including phenoxy) is 1. The fourth-order valence-corrected chi connectivity index (χ4v) is 4.13. The van der Waals surface area contributed by atoms with Crippen LogP contribution in [-0.4, -0.2) is 74.7 Å². The highest BCUT2D eigenvalue weighted by Crippen LogP contribution is 2.12. The number of nitrogens with zero attached hydrogens (tertiary/aromatic N) is 2. The standard InChI is InChI=1S/C22H30N4O3S/c1-29-19-6-4-18(5-7-19)9-11-25-12-14-26(15-13-25)17-21(27)24-22(28)23-10-8-20-3-2-16-30-20/h2-7,16H,8-15,17H2,1H3,(H2,23,24,27,28). The first-order chi connectivity index (χ1) is 14.6. The Morgan fingerprint density at radius 3 is 2.43 bits per heavy atom. The van der Waals surface area contributed by atoms with Crippen molar-refractivity contribution in [3.8, 4) is 5.75 Å². The maximum absolute atomic E-state index is 12.1. The van der Waals surface area contributed by atoms with Crippen molar-refractivity contribution in [3.63, 3.8) is 0 Å². The molecule has 1 saturated heterocycles. The van der Waals surface area contributed by atoms with E-state index in [1.807, 2.05) is 29.6 Å². The molecule has 1 aliphatic rings. The monoisotopic (exact) mass is 430 g/mol. The second-order valence-electron chi connectivity index (χ2n) is 7.35. The molecular weight excluding hydrogens is 400 g/mol. The molecule has 0 atom stereocenters. The molecule has 7 nitrogen and oxygen atoms in total. The van der Waals surface area contributed by atoms with Gasteiger partial charge in [0.1, 0.15) is 5.75 Å². The quantitative estimate of drug-likeness (QED) is 0.637.